The molecular weight excluding hydrogens is 1250 g/mol. The summed E-state index contributed by atoms with van der Waals surface area (Å²) in [6, 6.07) is -15.3. The van der Waals surface area contributed by atoms with E-state index < -0.39 is 175 Å². The summed E-state index contributed by atoms with van der Waals surface area (Å²) < 4.78 is 0. The lowest BCUT2D eigenvalue weighted by Gasteiger charge is -2.28. The third-order valence-corrected chi connectivity index (χ3v) is 13.9. The summed E-state index contributed by atoms with van der Waals surface area (Å²) in [4.78, 5) is 185. The van der Waals surface area contributed by atoms with Crippen molar-refractivity contribution >= 4 is 106 Å². The standard InChI is InChI=1S/C54H97N19O19S/c1-27(65-52(90)43(30(4)76)73-49(87)35(16-17-37(58)77)69-45(83)31(57)12-5-8-20-55)44(82)68-34(15-11-23-62-54(59)60)47(85)70-33(14-7-10-22-61-40(93)18-19-41(80)81)48(86)71-36(26-74)50(88)72-42(29(3)75)51(89)64-24-38(78)63-25-39(79)67-32(13-6-9-21-56)46(84)66-28(2)53(91)92/h27-36,42-43,74-76H,5-26,55-57H2,1-4H3,(H2,58,77)(H,61,93)(H,63,78)(H,64,89)(H,65,90)(H,66,84)(H,67,79)(H,68,82)(H,69,83)(H,70,85)(H,71,86)(H,72,88)(H,73,87)(H,80,81)(H,91,92)(H4,59,60,62)/t27-,28-,29+,30+,31-,32-,33-,34-,35-,36-,42-,43-/m0/s1. The quantitative estimate of drug-likeness (QED) is 0.0116. The second-order valence-electron chi connectivity index (χ2n) is 21.7. The number of carbonyl (C=O) groups excluding carboxylic acids is 12. The van der Waals surface area contributed by atoms with Crippen LogP contribution in [0.4, 0.5) is 0 Å². The molecule has 0 aromatic carbocycles. The first kappa shape index (κ1) is 84.5. The number of aliphatic hydroxyl groups is 3. The number of hydrogen-bond donors (Lipinski definition) is 23. The second kappa shape index (κ2) is 46.5. The SMILES string of the molecule is C[C@H](NC(=O)[C@H](CCCCN)NC(=O)CNC(=O)CNC(=O)[C@@H](NC(=O)[C@H](CO)NC(=O)[C@H](CCCCNC(=S)CCC(=O)O)NC(=O)[C@H](CCCN=C(N)N)NC(=O)[C@H](C)NC(=O)[C@@H](NC(=O)[C@H](CCC(N)=O)NC(=O)[C@@H](N)CCCCN)[C@@H](C)O)[C@@H](C)O)C(=O)O. The summed E-state index contributed by atoms with van der Waals surface area (Å²) in [5.74, 6) is -14.7. The zero-order valence-electron chi connectivity index (χ0n) is 52.8. The van der Waals surface area contributed by atoms with E-state index in [2.05, 4.69) is 68.8 Å². The van der Waals surface area contributed by atoms with Gasteiger partial charge in [0.15, 0.2) is 5.96 Å². The highest BCUT2D eigenvalue weighted by molar-refractivity contribution is 7.80. The number of guanidine groups is 1. The van der Waals surface area contributed by atoms with Crippen molar-refractivity contribution < 1.29 is 92.7 Å². The van der Waals surface area contributed by atoms with Crippen molar-refractivity contribution in [2.45, 2.75) is 197 Å². The summed E-state index contributed by atoms with van der Waals surface area (Å²) >= 11 is 5.18. The van der Waals surface area contributed by atoms with Crippen molar-refractivity contribution in [3.8, 4) is 0 Å². The number of hydrogen-bond acceptors (Lipinski definition) is 22. The molecule has 0 radical (unpaired) electrons. The van der Waals surface area contributed by atoms with Gasteiger partial charge in [0, 0.05) is 25.9 Å². The van der Waals surface area contributed by atoms with Gasteiger partial charge in [-0.3, -0.25) is 72.1 Å². The number of primary amides is 1. The fourth-order valence-electron chi connectivity index (χ4n) is 8.15. The van der Waals surface area contributed by atoms with E-state index in [4.69, 9.17) is 51.7 Å². The number of carbonyl (C=O) groups is 14. The molecule has 0 aromatic heterocycles. The van der Waals surface area contributed by atoms with Crippen LogP contribution in [-0.2, 0) is 67.1 Å². The van der Waals surface area contributed by atoms with E-state index >= 15 is 0 Å². The van der Waals surface area contributed by atoms with Crippen LogP contribution in [0.5, 0.6) is 0 Å². The maximum atomic E-state index is 14.3. The minimum absolute atomic E-state index is 0.00631. The molecule has 29 N–H and O–H groups in total. The lowest BCUT2D eigenvalue weighted by molar-refractivity contribution is -0.141. The van der Waals surface area contributed by atoms with E-state index in [1.54, 1.807) is 0 Å². The fourth-order valence-corrected chi connectivity index (χ4v) is 8.35. The topological polar surface area (TPSA) is 653 Å². The Morgan fingerprint density at radius 2 is 0.903 bits per heavy atom. The van der Waals surface area contributed by atoms with Crippen LogP contribution in [0, 0.1) is 0 Å². The highest BCUT2D eigenvalue weighted by Crippen LogP contribution is 2.09. The maximum absolute atomic E-state index is 14.3. The van der Waals surface area contributed by atoms with Crippen LogP contribution >= 0.6 is 12.2 Å². The number of carboxylic acids is 2. The van der Waals surface area contributed by atoms with Gasteiger partial charge in [0.2, 0.25) is 70.9 Å². The molecule has 38 nitrogen and oxygen atoms in total. The molecule has 12 atom stereocenters. The van der Waals surface area contributed by atoms with E-state index in [-0.39, 0.29) is 101 Å². The molecule has 0 rings (SSSR count). The monoisotopic (exact) mass is 1350 g/mol. The van der Waals surface area contributed by atoms with Crippen LogP contribution in [0.15, 0.2) is 4.99 Å². The van der Waals surface area contributed by atoms with E-state index in [0.29, 0.717) is 32.2 Å². The van der Waals surface area contributed by atoms with Crippen LogP contribution < -0.4 is 98.2 Å². The molecule has 0 aliphatic rings. The van der Waals surface area contributed by atoms with E-state index in [1.165, 1.54) is 13.8 Å². The zero-order chi connectivity index (χ0) is 70.9. The minimum atomic E-state index is -1.90. The maximum Gasteiger partial charge on any atom is 0.325 e. The van der Waals surface area contributed by atoms with Gasteiger partial charge in [-0.15, -0.1) is 0 Å². The number of amides is 12. The van der Waals surface area contributed by atoms with Gasteiger partial charge in [0.25, 0.3) is 0 Å². The predicted molar refractivity (Wildman–Crippen MR) is 336 cm³/mol. The summed E-state index contributed by atoms with van der Waals surface area (Å²) in [7, 11) is 0. The Bertz CT molecular complexity index is 2550. The van der Waals surface area contributed by atoms with E-state index in [1.807, 2.05) is 0 Å². The largest absolute Gasteiger partial charge is 0.481 e. The summed E-state index contributed by atoms with van der Waals surface area (Å²) in [6.45, 7) is 2.60. The molecule has 0 heterocycles. The molecule has 12 amide bonds. The van der Waals surface area contributed by atoms with Crippen LogP contribution in [0.1, 0.15) is 124 Å². The molecule has 0 spiro atoms. The Hall–Kier alpha value is -8.50. The highest BCUT2D eigenvalue weighted by atomic mass is 32.1. The molecule has 0 saturated carbocycles. The summed E-state index contributed by atoms with van der Waals surface area (Å²) in [5.41, 5.74) is 33.3. The number of rotatable bonds is 49. The smallest absolute Gasteiger partial charge is 0.325 e. The van der Waals surface area contributed by atoms with Gasteiger partial charge in [-0.1, -0.05) is 18.6 Å². The number of unbranched alkanes of at least 4 members (excludes halogenated alkanes) is 3. The average molecular weight is 1350 g/mol. The van der Waals surface area contributed by atoms with Crippen LogP contribution in [-0.4, -0.2) is 238 Å². The Kier molecular flexibility index (Phi) is 42.3. The molecule has 528 valence electrons. The predicted octanol–water partition coefficient (Wildman–Crippen LogP) is -9.68. The zero-order valence-corrected chi connectivity index (χ0v) is 53.6. The van der Waals surface area contributed by atoms with Crippen molar-refractivity contribution in [1.82, 2.24) is 63.8 Å². The normalized spacial score (nSPS) is 14.8. The summed E-state index contributed by atoms with van der Waals surface area (Å²) in [6.07, 6.45) is -2.22. The number of nitrogens with one attached hydrogen (secondary N) is 12. The Labute approximate surface area is 542 Å². The number of aliphatic carboxylic acids is 2. The van der Waals surface area contributed by atoms with Crippen LogP contribution in [0.25, 0.3) is 0 Å². The van der Waals surface area contributed by atoms with Gasteiger partial charge in [-0.05, 0) is 111 Å². The molecular formula is C54H97N19O19S. The van der Waals surface area contributed by atoms with E-state index in [9.17, 15) is 87.5 Å². The Morgan fingerprint density at radius 1 is 0.452 bits per heavy atom. The van der Waals surface area contributed by atoms with Gasteiger partial charge >= 0.3 is 11.9 Å². The molecule has 0 fully saturated rings. The van der Waals surface area contributed by atoms with Gasteiger partial charge < -0.3 is 124 Å². The molecule has 93 heavy (non-hydrogen) atoms. The number of aliphatic hydroxyl groups excluding tert-OH is 3. The third-order valence-electron chi connectivity index (χ3n) is 13.5. The third kappa shape index (κ3) is 37.0. The first-order chi connectivity index (χ1) is 43.7. The lowest BCUT2D eigenvalue weighted by atomic mass is 10.0. The van der Waals surface area contributed by atoms with E-state index in [0.717, 1.165) is 13.8 Å². The molecule has 0 aliphatic heterocycles. The van der Waals surface area contributed by atoms with Crippen molar-refractivity contribution in [3.05, 3.63) is 0 Å². The average Bonchev–Trinajstić information content (AvgIpc) is 1.53. The van der Waals surface area contributed by atoms with Crippen molar-refractivity contribution in [3.63, 3.8) is 0 Å². The molecule has 0 unspecified atom stereocenters. The Balaban J connectivity index is 6.58. The fraction of sp³-hybridized carbons (Fsp3) is 0.704. The van der Waals surface area contributed by atoms with Crippen LogP contribution in [0.2, 0.25) is 0 Å². The summed E-state index contributed by atoms with van der Waals surface area (Å²) in [5, 5.41) is 78.1. The lowest BCUT2D eigenvalue weighted by Crippen LogP contribution is -2.61. The molecule has 0 aliphatic carbocycles. The van der Waals surface area contributed by atoms with Gasteiger partial charge in [-0.25, -0.2) is 0 Å². The second-order valence-corrected chi connectivity index (χ2v) is 22.2. The molecule has 39 heteroatoms. The van der Waals surface area contributed by atoms with Crippen molar-refractivity contribution in [1.29, 1.82) is 0 Å². The number of nitrogens with two attached hydrogens (primary N) is 6. The van der Waals surface area contributed by atoms with Gasteiger partial charge in [-0.2, -0.15) is 0 Å². The van der Waals surface area contributed by atoms with Gasteiger partial charge in [0.1, 0.15) is 54.4 Å². The first-order valence-corrected chi connectivity index (χ1v) is 30.5. The van der Waals surface area contributed by atoms with Crippen molar-refractivity contribution in [2.75, 3.05) is 45.9 Å². The minimum Gasteiger partial charge on any atom is -0.481 e. The first-order valence-electron chi connectivity index (χ1n) is 30.1. The number of nitrogens with zero attached hydrogens (tertiary/aromatic N) is 1. The van der Waals surface area contributed by atoms with Crippen molar-refractivity contribution in [2.24, 2.45) is 39.4 Å². The number of aliphatic imine (C=N–C) groups is 1. The van der Waals surface area contributed by atoms with Crippen LogP contribution in [0.3, 0.4) is 0 Å². The molecule has 0 aromatic rings. The molecule has 0 saturated heterocycles. The Morgan fingerprint density at radius 3 is 1.43 bits per heavy atom. The highest BCUT2D eigenvalue weighted by Gasteiger charge is 2.36. The number of carboxylic acid groups (broad SMARTS) is 2. The van der Waals surface area contributed by atoms with Gasteiger partial charge in [0.05, 0.1) is 49.4 Å². The number of thiocarbonyl (C=S) groups is 1. The molecule has 0 bridgehead atoms.